The molecule has 4 nitrogen and oxygen atoms in total. The number of rotatable bonds is 8. The van der Waals surface area contributed by atoms with Crippen molar-refractivity contribution in [2.75, 3.05) is 13.7 Å². The maximum absolute atomic E-state index is 10.3. The van der Waals surface area contributed by atoms with E-state index in [1.807, 2.05) is 62.4 Å². The topological polar surface area (TPSA) is 50.7 Å². The molecule has 2 atom stereocenters. The largest absolute Gasteiger partial charge is 0.497 e. The van der Waals surface area contributed by atoms with E-state index in [2.05, 4.69) is 12.2 Å². The maximum atomic E-state index is 10.3. The van der Waals surface area contributed by atoms with Crippen LogP contribution in [0.25, 0.3) is 0 Å². The minimum atomic E-state index is -0.557. The number of hydrogen-bond acceptors (Lipinski definition) is 4. The van der Waals surface area contributed by atoms with Crippen LogP contribution < -0.4 is 14.8 Å². The van der Waals surface area contributed by atoms with Gasteiger partial charge in [-0.25, -0.2) is 0 Å². The summed E-state index contributed by atoms with van der Waals surface area (Å²) < 4.78 is 10.8. The lowest BCUT2D eigenvalue weighted by Crippen LogP contribution is -2.24. The fourth-order valence-electron chi connectivity index (χ4n) is 2.46. The number of hydrogen-bond donors (Lipinski definition) is 2. The first kappa shape index (κ1) is 18.3. The third kappa shape index (κ3) is 5.25. The molecule has 0 aliphatic heterocycles. The molecule has 0 heterocycles. The van der Waals surface area contributed by atoms with Gasteiger partial charge in [0.2, 0.25) is 0 Å². The first-order valence-corrected chi connectivity index (χ1v) is 8.31. The molecule has 0 radical (unpaired) electrons. The second kappa shape index (κ2) is 8.71. The molecule has 0 saturated carbocycles. The maximum Gasteiger partial charge on any atom is 0.119 e. The SMILES string of the molecule is COc1ccc(C(C)NCC(O)c2ccc(OC(C)C)cc2)cc1. The molecule has 0 aliphatic carbocycles. The summed E-state index contributed by atoms with van der Waals surface area (Å²) in [6, 6.07) is 15.7. The van der Waals surface area contributed by atoms with E-state index in [4.69, 9.17) is 9.47 Å². The van der Waals surface area contributed by atoms with E-state index in [1.165, 1.54) is 0 Å². The van der Waals surface area contributed by atoms with Crippen molar-refractivity contribution in [1.82, 2.24) is 5.32 Å². The van der Waals surface area contributed by atoms with Gasteiger partial charge in [-0.3, -0.25) is 0 Å². The molecule has 2 aromatic rings. The van der Waals surface area contributed by atoms with E-state index < -0.39 is 6.10 Å². The second-order valence-corrected chi connectivity index (χ2v) is 6.15. The van der Waals surface area contributed by atoms with Gasteiger partial charge in [0.1, 0.15) is 11.5 Å². The molecule has 4 heteroatoms. The van der Waals surface area contributed by atoms with E-state index in [0.717, 1.165) is 22.6 Å². The van der Waals surface area contributed by atoms with Crippen molar-refractivity contribution in [1.29, 1.82) is 0 Å². The van der Waals surface area contributed by atoms with Crippen molar-refractivity contribution in [3.8, 4) is 11.5 Å². The van der Waals surface area contributed by atoms with E-state index in [0.29, 0.717) is 6.54 Å². The fourth-order valence-corrected chi connectivity index (χ4v) is 2.46. The summed E-state index contributed by atoms with van der Waals surface area (Å²) >= 11 is 0. The molecular formula is C20H27NO3. The lowest BCUT2D eigenvalue weighted by atomic mass is 10.1. The molecule has 0 aliphatic rings. The van der Waals surface area contributed by atoms with Crippen LogP contribution in [0, 0.1) is 0 Å². The van der Waals surface area contributed by atoms with Crippen LogP contribution in [0.2, 0.25) is 0 Å². The van der Waals surface area contributed by atoms with Crippen LogP contribution in [0.1, 0.15) is 44.0 Å². The normalized spacial score (nSPS) is 13.6. The van der Waals surface area contributed by atoms with Gasteiger partial charge in [0.25, 0.3) is 0 Å². The summed E-state index contributed by atoms with van der Waals surface area (Å²) in [6.07, 6.45) is -0.411. The van der Waals surface area contributed by atoms with Crippen molar-refractivity contribution in [2.24, 2.45) is 0 Å². The first-order chi connectivity index (χ1) is 11.5. The van der Waals surface area contributed by atoms with E-state index >= 15 is 0 Å². The lowest BCUT2D eigenvalue weighted by Gasteiger charge is -2.18. The number of ether oxygens (including phenoxy) is 2. The summed E-state index contributed by atoms with van der Waals surface area (Å²) in [7, 11) is 1.66. The zero-order valence-corrected chi connectivity index (χ0v) is 14.8. The van der Waals surface area contributed by atoms with Crippen LogP contribution in [0.15, 0.2) is 48.5 Å². The summed E-state index contributed by atoms with van der Waals surface area (Å²) in [6.45, 7) is 6.55. The number of aliphatic hydroxyl groups excluding tert-OH is 1. The summed E-state index contributed by atoms with van der Waals surface area (Å²) in [5, 5.41) is 13.7. The molecule has 0 aromatic heterocycles. The van der Waals surface area contributed by atoms with Crippen LogP contribution in [0.4, 0.5) is 0 Å². The zero-order valence-electron chi connectivity index (χ0n) is 14.8. The second-order valence-electron chi connectivity index (χ2n) is 6.15. The van der Waals surface area contributed by atoms with Crippen LogP contribution in [0.3, 0.4) is 0 Å². The molecule has 0 fully saturated rings. The molecule has 130 valence electrons. The highest BCUT2D eigenvalue weighted by Gasteiger charge is 2.11. The van der Waals surface area contributed by atoms with Gasteiger partial charge in [0.15, 0.2) is 0 Å². The van der Waals surface area contributed by atoms with E-state index in [-0.39, 0.29) is 12.1 Å². The van der Waals surface area contributed by atoms with Gasteiger partial charge in [-0.05, 0) is 56.2 Å². The van der Waals surface area contributed by atoms with Crippen molar-refractivity contribution in [2.45, 2.75) is 39.0 Å². The van der Waals surface area contributed by atoms with Gasteiger partial charge in [0, 0.05) is 12.6 Å². The van der Waals surface area contributed by atoms with Crippen molar-refractivity contribution < 1.29 is 14.6 Å². The highest BCUT2D eigenvalue weighted by atomic mass is 16.5. The molecule has 24 heavy (non-hydrogen) atoms. The number of methoxy groups -OCH3 is 1. The van der Waals surface area contributed by atoms with Crippen LogP contribution >= 0.6 is 0 Å². The summed E-state index contributed by atoms with van der Waals surface area (Å²) in [5.41, 5.74) is 2.03. The molecular weight excluding hydrogens is 302 g/mol. The predicted molar refractivity (Wildman–Crippen MR) is 96.6 cm³/mol. The van der Waals surface area contributed by atoms with Gasteiger partial charge in [-0.15, -0.1) is 0 Å². The minimum Gasteiger partial charge on any atom is -0.497 e. The third-order valence-corrected chi connectivity index (χ3v) is 3.87. The lowest BCUT2D eigenvalue weighted by molar-refractivity contribution is 0.170. The van der Waals surface area contributed by atoms with Crippen LogP contribution in [-0.4, -0.2) is 24.9 Å². The van der Waals surface area contributed by atoms with Crippen LogP contribution in [0.5, 0.6) is 11.5 Å². The molecule has 2 unspecified atom stereocenters. The van der Waals surface area contributed by atoms with Crippen molar-refractivity contribution in [3.63, 3.8) is 0 Å². The highest BCUT2D eigenvalue weighted by Crippen LogP contribution is 2.20. The summed E-state index contributed by atoms with van der Waals surface area (Å²) in [4.78, 5) is 0. The predicted octanol–water partition coefficient (Wildman–Crippen LogP) is 3.87. The van der Waals surface area contributed by atoms with Crippen LogP contribution in [-0.2, 0) is 0 Å². The Morgan fingerprint density at radius 1 is 0.875 bits per heavy atom. The van der Waals surface area contributed by atoms with Crippen molar-refractivity contribution >= 4 is 0 Å². The van der Waals surface area contributed by atoms with Gasteiger partial charge in [-0.2, -0.15) is 0 Å². The smallest absolute Gasteiger partial charge is 0.119 e. The Morgan fingerprint density at radius 2 is 1.42 bits per heavy atom. The molecule has 0 saturated heterocycles. The number of aliphatic hydroxyl groups is 1. The Balaban J connectivity index is 1.88. The zero-order chi connectivity index (χ0) is 17.5. The highest BCUT2D eigenvalue weighted by molar-refractivity contribution is 5.30. The average molecular weight is 329 g/mol. The Bertz CT molecular complexity index is 608. The Kier molecular flexibility index (Phi) is 6.64. The fraction of sp³-hybridized carbons (Fsp3) is 0.400. The number of benzene rings is 2. The Hall–Kier alpha value is -2.04. The summed E-state index contributed by atoms with van der Waals surface area (Å²) in [5.74, 6) is 1.66. The molecule has 0 spiro atoms. The van der Waals surface area contributed by atoms with Gasteiger partial charge in [-0.1, -0.05) is 24.3 Å². The van der Waals surface area contributed by atoms with Gasteiger partial charge < -0.3 is 19.9 Å². The van der Waals surface area contributed by atoms with E-state index in [9.17, 15) is 5.11 Å². The van der Waals surface area contributed by atoms with Crippen molar-refractivity contribution in [3.05, 3.63) is 59.7 Å². The standard InChI is InChI=1S/C20H27NO3/c1-14(2)24-19-11-7-17(8-12-19)20(22)13-21-15(3)16-5-9-18(23-4)10-6-16/h5-12,14-15,20-22H,13H2,1-4H3. The minimum absolute atomic E-state index is 0.146. The monoisotopic (exact) mass is 329 g/mol. The first-order valence-electron chi connectivity index (χ1n) is 8.31. The van der Waals surface area contributed by atoms with E-state index in [1.54, 1.807) is 7.11 Å². The van der Waals surface area contributed by atoms with Gasteiger partial charge >= 0.3 is 0 Å². The molecule has 2 rings (SSSR count). The third-order valence-electron chi connectivity index (χ3n) is 3.87. The molecule has 2 aromatic carbocycles. The molecule has 2 N–H and O–H groups in total. The molecule has 0 amide bonds. The number of nitrogens with one attached hydrogen (secondary N) is 1. The average Bonchev–Trinajstić information content (AvgIpc) is 2.59. The quantitative estimate of drug-likeness (QED) is 0.772. The Morgan fingerprint density at radius 3 is 1.96 bits per heavy atom. The van der Waals surface area contributed by atoms with Gasteiger partial charge in [0.05, 0.1) is 19.3 Å². The Labute approximate surface area is 144 Å². The molecule has 0 bridgehead atoms.